The first kappa shape index (κ1) is 11.8. The molecule has 0 bridgehead atoms. The van der Waals surface area contributed by atoms with E-state index in [-0.39, 0.29) is 17.8 Å². The molecule has 0 fully saturated rings. The quantitative estimate of drug-likeness (QED) is 0.770. The Hall–Kier alpha value is -1.29. The van der Waals surface area contributed by atoms with E-state index in [0.29, 0.717) is 12.2 Å². The van der Waals surface area contributed by atoms with Gasteiger partial charge in [-0.05, 0) is 17.5 Å². The molecule has 4 heteroatoms. The lowest BCUT2D eigenvalue weighted by atomic mass is 9.89. The summed E-state index contributed by atoms with van der Waals surface area (Å²) in [4.78, 5) is 11.1. The van der Waals surface area contributed by atoms with Gasteiger partial charge in [0, 0.05) is 13.0 Å². The fourth-order valence-electron chi connectivity index (χ4n) is 1.21. The normalized spacial score (nSPS) is 11.5. The van der Waals surface area contributed by atoms with E-state index in [1.165, 1.54) is 7.11 Å². The van der Waals surface area contributed by atoms with Crippen molar-refractivity contribution < 1.29 is 19.1 Å². The average molecular weight is 212 g/mol. The lowest BCUT2D eigenvalue weighted by Crippen LogP contribution is -2.19. The van der Waals surface area contributed by atoms with Crippen molar-refractivity contribution in [3.63, 3.8) is 0 Å². The van der Waals surface area contributed by atoms with Crippen LogP contribution in [0.15, 0.2) is 16.5 Å². The van der Waals surface area contributed by atoms with Gasteiger partial charge in [0.25, 0.3) is 0 Å². The number of furan rings is 1. The van der Waals surface area contributed by atoms with Crippen LogP contribution in [-0.4, -0.2) is 24.8 Å². The third kappa shape index (κ3) is 3.09. The number of hydrogen-bond donors (Lipinski definition) is 1. The molecule has 0 aliphatic heterocycles. The largest absolute Gasteiger partial charge is 0.463 e. The van der Waals surface area contributed by atoms with E-state index in [4.69, 9.17) is 9.52 Å². The molecular formula is C11H16O4. The maximum absolute atomic E-state index is 11.1. The number of esters is 1. The van der Waals surface area contributed by atoms with E-state index >= 15 is 0 Å². The van der Waals surface area contributed by atoms with Crippen molar-refractivity contribution in [2.45, 2.75) is 20.3 Å². The molecule has 0 aliphatic carbocycles. The Balaban J connectivity index is 2.73. The fraction of sp³-hybridized carbons (Fsp3) is 0.545. The molecule has 0 unspecified atom stereocenters. The summed E-state index contributed by atoms with van der Waals surface area (Å²) in [5.41, 5.74) is -0.245. The molecule has 0 aromatic carbocycles. The molecule has 1 N–H and O–H groups in total. The summed E-state index contributed by atoms with van der Waals surface area (Å²) >= 11 is 0. The highest BCUT2D eigenvalue weighted by Gasteiger charge is 2.20. The van der Waals surface area contributed by atoms with Gasteiger partial charge in [-0.25, -0.2) is 4.79 Å². The predicted molar refractivity (Wildman–Crippen MR) is 54.6 cm³/mol. The molecule has 4 nitrogen and oxygen atoms in total. The van der Waals surface area contributed by atoms with Crippen molar-refractivity contribution in [1.29, 1.82) is 0 Å². The lowest BCUT2D eigenvalue weighted by molar-refractivity contribution is 0.0561. The van der Waals surface area contributed by atoms with Crippen LogP contribution in [0.25, 0.3) is 0 Å². The first-order valence-corrected chi connectivity index (χ1v) is 4.76. The third-order valence-corrected chi connectivity index (χ3v) is 2.13. The summed E-state index contributed by atoms with van der Waals surface area (Å²) in [5, 5.41) is 9.08. The summed E-state index contributed by atoms with van der Waals surface area (Å²) in [5.74, 6) is 0.388. The van der Waals surface area contributed by atoms with Crippen molar-refractivity contribution in [2.75, 3.05) is 13.7 Å². The summed E-state index contributed by atoms with van der Waals surface area (Å²) in [6.07, 6.45) is 0.584. The number of hydrogen-bond acceptors (Lipinski definition) is 4. The Morgan fingerprint density at radius 3 is 2.73 bits per heavy atom. The van der Waals surface area contributed by atoms with Gasteiger partial charge in [-0.2, -0.15) is 0 Å². The number of methoxy groups -OCH3 is 1. The Morgan fingerprint density at radius 1 is 1.53 bits per heavy atom. The zero-order valence-electron chi connectivity index (χ0n) is 9.24. The van der Waals surface area contributed by atoms with Crippen LogP contribution in [0.1, 0.15) is 30.2 Å². The van der Waals surface area contributed by atoms with Crippen LogP contribution in [0.4, 0.5) is 0 Å². The van der Waals surface area contributed by atoms with E-state index in [1.807, 2.05) is 13.8 Å². The van der Waals surface area contributed by atoms with E-state index < -0.39 is 5.97 Å². The molecule has 0 aliphatic rings. The monoisotopic (exact) mass is 212 g/mol. The number of rotatable bonds is 4. The molecule has 0 atom stereocenters. The fourth-order valence-corrected chi connectivity index (χ4v) is 1.21. The second kappa shape index (κ2) is 4.49. The molecule has 0 saturated heterocycles. The van der Waals surface area contributed by atoms with Crippen LogP contribution in [0.2, 0.25) is 0 Å². The standard InChI is InChI=1S/C11H16O4/c1-11(2,7-12)6-8-4-5-9(15-8)10(13)14-3/h4-5,12H,6-7H2,1-3H3. The Kier molecular flexibility index (Phi) is 3.52. The third-order valence-electron chi connectivity index (χ3n) is 2.13. The number of carbonyl (C=O) groups excluding carboxylic acids is 1. The van der Waals surface area contributed by atoms with Crippen LogP contribution in [0.3, 0.4) is 0 Å². The average Bonchev–Trinajstić information content (AvgIpc) is 2.64. The van der Waals surface area contributed by atoms with Crippen LogP contribution in [0.5, 0.6) is 0 Å². The predicted octanol–water partition coefficient (Wildman–Crippen LogP) is 1.63. The van der Waals surface area contributed by atoms with Gasteiger partial charge in [0.1, 0.15) is 5.76 Å². The van der Waals surface area contributed by atoms with Gasteiger partial charge >= 0.3 is 5.97 Å². The van der Waals surface area contributed by atoms with Gasteiger partial charge in [-0.1, -0.05) is 13.8 Å². The second-order valence-electron chi connectivity index (χ2n) is 4.26. The van der Waals surface area contributed by atoms with Crippen molar-refractivity contribution >= 4 is 5.97 Å². The lowest BCUT2D eigenvalue weighted by Gasteiger charge is -2.19. The molecule has 15 heavy (non-hydrogen) atoms. The van der Waals surface area contributed by atoms with Gasteiger partial charge in [-0.3, -0.25) is 0 Å². The minimum Gasteiger partial charge on any atom is -0.463 e. The van der Waals surface area contributed by atoms with Gasteiger partial charge < -0.3 is 14.3 Å². The molecule has 0 radical (unpaired) electrons. The van der Waals surface area contributed by atoms with Crippen molar-refractivity contribution in [2.24, 2.45) is 5.41 Å². The van der Waals surface area contributed by atoms with E-state index in [1.54, 1.807) is 12.1 Å². The summed E-state index contributed by atoms with van der Waals surface area (Å²) in [6, 6.07) is 3.30. The first-order valence-electron chi connectivity index (χ1n) is 4.76. The van der Waals surface area contributed by atoms with Crippen molar-refractivity contribution in [3.05, 3.63) is 23.7 Å². The minimum atomic E-state index is -0.483. The Morgan fingerprint density at radius 2 is 2.20 bits per heavy atom. The summed E-state index contributed by atoms with van der Waals surface area (Å²) in [7, 11) is 1.31. The van der Waals surface area contributed by atoms with Crippen LogP contribution in [0, 0.1) is 5.41 Å². The van der Waals surface area contributed by atoms with Crippen LogP contribution < -0.4 is 0 Å². The van der Waals surface area contributed by atoms with Gasteiger partial charge in [0.05, 0.1) is 7.11 Å². The summed E-state index contributed by atoms with van der Waals surface area (Å²) < 4.78 is 9.81. The molecule has 0 spiro atoms. The first-order chi connectivity index (χ1) is 6.98. The zero-order chi connectivity index (χ0) is 11.5. The number of ether oxygens (including phenoxy) is 1. The number of aliphatic hydroxyl groups excluding tert-OH is 1. The Labute approximate surface area is 88.8 Å². The molecular weight excluding hydrogens is 196 g/mol. The maximum Gasteiger partial charge on any atom is 0.373 e. The van der Waals surface area contributed by atoms with Crippen molar-refractivity contribution in [1.82, 2.24) is 0 Å². The minimum absolute atomic E-state index is 0.0707. The smallest absolute Gasteiger partial charge is 0.373 e. The molecule has 84 valence electrons. The second-order valence-corrected chi connectivity index (χ2v) is 4.26. The maximum atomic E-state index is 11.1. The molecule has 1 aromatic rings. The van der Waals surface area contributed by atoms with E-state index in [0.717, 1.165) is 0 Å². The zero-order valence-corrected chi connectivity index (χ0v) is 9.24. The summed E-state index contributed by atoms with van der Waals surface area (Å²) in [6.45, 7) is 3.92. The van der Waals surface area contributed by atoms with Gasteiger partial charge in [0.2, 0.25) is 5.76 Å². The molecule has 1 aromatic heterocycles. The van der Waals surface area contributed by atoms with Gasteiger partial charge in [-0.15, -0.1) is 0 Å². The SMILES string of the molecule is COC(=O)c1ccc(CC(C)(C)CO)o1. The number of aliphatic hydroxyl groups is 1. The van der Waals surface area contributed by atoms with Crippen molar-refractivity contribution in [3.8, 4) is 0 Å². The van der Waals surface area contributed by atoms with E-state index in [2.05, 4.69) is 4.74 Å². The van der Waals surface area contributed by atoms with E-state index in [9.17, 15) is 4.79 Å². The Bertz CT molecular complexity index is 338. The highest BCUT2D eigenvalue weighted by molar-refractivity contribution is 5.86. The van der Waals surface area contributed by atoms with Crippen LogP contribution >= 0.6 is 0 Å². The van der Waals surface area contributed by atoms with Gasteiger partial charge in [0.15, 0.2) is 0 Å². The molecule has 1 rings (SSSR count). The molecule has 1 heterocycles. The molecule has 0 amide bonds. The topological polar surface area (TPSA) is 59.7 Å². The number of carbonyl (C=O) groups is 1. The van der Waals surface area contributed by atoms with Crippen LogP contribution in [-0.2, 0) is 11.2 Å². The highest BCUT2D eigenvalue weighted by atomic mass is 16.5. The highest BCUT2D eigenvalue weighted by Crippen LogP contribution is 2.22. The molecule has 0 saturated carbocycles.